The van der Waals surface area contributed by atoms with Crippen LogP contribution < -0.4 is 0 Å². The van der Waals surface area contributed by atoms with Crippen LogP contribution in [0.25, 0.3) is 11.7 Å². The fraction of sp³-hybridized carbons (Fsp3) is 0.444. The summed E-state index contributed by atoms with van der Waals surface area (Å²) < 4.78 is 10.00. The van der Waals surface area contributed by atoms with Gasteiger partial charge in [-0.25, -0.2) is 0 Å². The summed E-state index contributed by atoms with van der Waals surface area (Å²) in [7, 11) is 0. The van der Waals surface area contributed by atoms with Crippen molar-refractivity contribution in [3.63, 3.8) is 0 Å². The van der Waals surface area contributed by atoms with Crippen LogP contribution in [0.4, 0.5) is 0 Å². The Hall–Kier alpha value is -1.36. The second-order valence-corrected chi connectivity index (χ2v) is 3.69. The summed E-state index contributed by atoms with van der Waals surface area (Å²) in [6.07, 6.45) is 0.746. The van der Waals surface area contributed by atoms with Gasteiger partial charge in [0, 0.05) is 6.07 Å². The van der Waals surface area contributed by atoms with E-state index in [1.807, 2.05) is 13.8 Å². The maximum absolute atomic E-state index is 5.97. The van der Waals surface area contributed by atoms with Crippen LogP contribution in [0, 0.1) is 6.92 Å². The summed E-state index contributed by atoms with van der Waals surface area (Å²) in [4.78, 5) is 4.12. The number of hydrogen-bond acceptors (Lipinski definition) is 5. The monoisotopic (exact) mass is 227 g/mol. The number of aromatic nitrogens is 3. The highest BCUT2D eigenvalue weighted by Crippen LogP contribution is 2.24. The zero-order valence-electron chi connectivity index (χ0n) is 8.40. The van der Waals surface area contributed by atoms with Gasteiger partial charge in [0.25, 0.3) is 5.89 Å². The molecule has 0 bridgehead atoms. The van der Waals surface area contributed by atoms with E-state index in [-0.39, 0.29) is 5.38 Å². The fourth-order valence-electron chi connectivity index (χ4n) is 1.11. The molecule has 0 aliphatic heterocycles. The van der Waals surface area contributed by atoms with E-state index in [0.29, 0.717) is 17.5 Å². The third-order valence-corrected chi connectivity index (χ3v) is 2.42. The van der Waals surface area contributed by atoms with Gasteiger partial charge < -0.3 is 9.05 Å². The molecule has 0 fully saturated rings. The first-order valence-corrected chi connectivity index (χ1v) is 5.05. The third-order valence-electron chi connectivity index (χ3n) is 1.92. The van der Waals surface area contributed by atoms with Gasteiger partial charge in [-0.1, -0.05) is 17.2 Å². The lowest BCUT2D eigenvalue weighted by molar-refractivity contribution is 0.380. The number of alkyl halides is 1. The van der Waals surface area contributed by atoms with Crippen molar-refractivity contribution in [2.24, 2.45) is 0 Å². The van der Waals surface area contributed by atoms with Gasteiger partial charge >= 0.3 is 0 Å². The Morgan fingerprint density at radius 1 is 1.40 bits per heavy atom. The van der Waals surface area contributed by atoms with Gasteiger partial charge in [-0.05, 0) is 13.3 Å². The van der Waals surface area contributed by atoms with E-state index in [0.717, 1.165) is 12.1 Å². The molecule has 1 unspecified atom stereocenters. The van der Waals surface area contributed by atoms with E-state index in [2.05, 4.69) is 15.3 Å². The standard InChI is InChI=1S/C9H10ClN3O2/c1-3-6(10)8-11-9(15-13-8)7-4-5(2)12-14-7/h4,6H,3H2,1-2H3. The highest BCUT2D eigenvalue weighted by atomic mass is 35.5. The molecule has 0 saturated heterocycles. The minimum absolute atomic E-state index is 0.230. The Balaban J connectivity index is 2.27. The van der Waals surface area contributed by atoms with E-state index < -0.39 is 0 Å². The van der Waals surface area contributed by atoms with Crippen LogP contribution in [0.1, 0.15) is 30.2 Å². The molecule has 2 heterocycles. The van der Waals surface area contributed by atoms with Crippen molar-refractivity contribution in [1.82, 2.24) is 15.3 Å². The molecule has 0 radical (unpaired) electrons. The summed E-state index contributed by atoms with van der Waals surface area (Å²) in [5.74, 6) is 1.25. The lowest BCUT2D eigenvalue weighted by Gasteiger charge is -1.95. The summed E-state index contributed by atoms with van der Waals surface area (Å²) in [5, 5.41) is 7.27. The maximum atomic E-state index is 5.97. The molecule has 2 rings (SSSR count). The van der Waals surface area contributed by atoms with E-state index in [9.17, 15) is 0 Å². The molecule has 0 spiro atoms. The summed E-state index contributed by atoms with van der Waals surface area (Å²) in [6.45, 7) is 3.77. The van der Waals surface area contributed by atoms with Crippen LogP contribution >= 0.6 is 11.6 Å². The predicted molar refractivity (Wildman–Crippen MR) is 53.4 cm³/mol. The minimum atomic E-state index is -0.230. The van der Waals surface area contributed by atoms with Crippen molar-refractivity contribution in [3.8, 4) is 11.7 Å². The van der Waals surface area contributed by atoms with Gasteiger partial charge in [0.05, 0.1) is 11.1 Å². The Kier molecular flexibility index (Phi) is 2.73. The molecule has 0 saturated carbocycles. The topological polar surface area (TPSA) is 65.0 Å². The second-order valence-electron chi connectivity index (χ2n) is 3.17. The van der Waals surface area contributed by atoms with Crippen molar-refractivity contribution in [3.05, 3.63) is 17.6 Å². The van der Waals surface area contributed by atoms with Gasteiger partial charge in [-0.2, -0.15) is 4.98 Å². The van der Waals surface area contributed by atoms with Gasteiger partial charge in [0.1, 0.15) is 0 Å². The van der Waals surface area contributed by atoms with Gasteiger partial charge in [0.15, 0.2) is 5.82 Å². The van der Waals surface area contributed by atoms with Gasteiger partial charge in [0.2, 0.25) is 5.76 Å². The third kappa shape index (κ3) is 2.02. The first-order chi connectivity index (χ1) is 7.20. The quantitative estimate of drug-likeness (QED) is 0.755. The normalized spacial score (nSPS) is 13.0. The molecular formula is C9H10ClN3O2. The van der Waals surface area contributed by atoms with E-state index in [1.165, 1.54) is 0 Å². The maximum Gasteiger partial charge on any atom is 0.296 e. The molecule has 2 aromatic heterocycles. The predicted octanol–water partition coefficient (Wildman–Crippen LogP) is 2.72. The van der Waals surface area contributed by atoms with Crippen molar-refractivity contribution < 1.29 is 9.05 Å². The molecule has 2 aromatic rings. The Labute approximate surface area is 91.4 Å². The lowest BCUT2D eigenvalue weighted by atomic mass is 10.3. The molecule has 6 heteroatoms. The van der Waals surface area contributed by atoms with Crippen molar-refractivity contribution >= 4 is 11.6 Å². The molecule has 80 valence electrons. The Morgan fingerprint density at radius 3 is 2.80 bits per heavy atom. The van der Waals surface area contributed by atoms with Crippen LogP contribution in [0.3, 0.4) is 0 Å². The van der Waals surface area contributed by atoms with E-state index in [1.54, 1.807) is 6.07 Å². The molecule has 1 atom stereocenters. The first kappa shape index (κ1) is 10.2. The highest BCUT2D eigenvalue weighted by molar-refractivity contribution is 6.20. The molecule has 5 nitrogen and oxygen atoms in total. The van der Waals surface area contributed by atoms with E-state index >= 15 is 0 Å². The molecule has 0 N–H and O–H groups in total. The van der Waals surface area contributed by atoms with E-state index in [4.69, 9.17) is 20.6 Å². The Morgan fingerprint density at radius 2 is 2.20 bits per heavy atom. The van der Waals surface area contributed by atoms with Crippen molar-refractivity contribution in [2.75, 3.05) is 0 Å². The minimum Gasteiger partial charge on any atom is -0.351 e. The summed E-state index contributed by atoms with van der Waals surface area (Å²) in [5.41, 5.74) is 0.766. The average Bonchev–Trinajstić information content (AvgIpc) is 2.84. The van der Waals surface area contributed by atoms with Gasteiger partial charge in [-0.3, -0.25) is 0 Å². The SMILES string of the molecule is CCC(Cl)c1noc(-c2cc(C)no2)n1. The number of nitrogens with zero attached hydrogens (tertiary/aromatic N) is 3. The van der Waals surface area contributed by atoms with Crippen LogP contribution in [-0.4, -0.2) is 15.3 Å². The van der Waals surface area contributed by atoms with Crippen LogP contribution in [0.15, 0.2) is 15.1 Å². The largest absolute Gasteiger partial charge is 0.351 e. The number of halogens is 1. The number of aryl methyl sites for hydroxylation is 1. The lowest BCUT2D eigenvalue weighted by Crippen LogP contribution is -1.90. The summed E-state index contributed by atoms with van der Waals surface area (Å²) >= 11 is 5.97. The number of rotatable bonds is 3. The molecule has 0 aliphatic carbocycles. The van der Waals surface area contributed by atoms with Crippen LogP contribution in [-0.2, 0) is 0 Å². The highest BCUT2D eigenvalue weighted by Gasteiger charge is 2.17. The first-order valence-electron chi connectivity index (χ1n) is 4.62. The zero-order chi connectivity index (χ0) is 10.8. The molecule has 15 heavy (non-hydrogen) atoms. The van der Waals surface area contributed by atoms with Crippen molar-refractivity contribution in [1.29, 1.82) is 0 Å². The molecule has 0 amide bonds. The number of hydrogen-bond donors (Lipinski definition) is 0. The molecular weight excluding hydrogens is 218 g/mol. The zero-order valence-corrected chi connectivity index (χ0v) is 9.15. The van der Waals surface area contributed by atoms with Gasteiger partial charge in [-0.15, -0.1) is 11.6 Å². The second kappa shape index (κ2) is 4.02. The fourth-order valence-corrected chi connectivity index (χ4v) is 1.20. The smallest absolute Gasteiger partial charge is 0.296 e. The molecule has 0 aliphatic rings. The van der Waals surface area contributed by atoms with Crippen LogP contribution in [0.5, 0.6) is 0 Å². The Bertz CT molecular complexity index is 452. The summed E-state index contributed by atoms with van der Waals surface area (Å²) in [6, 6.07) is 1.73. The van der Waals surface area contributed by atoms with Crippen LogP contribution in [0.2, 0.25) is 0 Å². The molecule has 0 aromatic carbocycles. The average molecular weight is 228 g/mol. The van der Waals surface area contributed by atoms with Crippen molar-refractivity contribution in [2.45, 2.75) is 25.6 Å².